The van der Waals surface area contributed by atoms with E-state index in [9.17, 15) is 0 Å². The number of furan rings is 2. The number of benzene rings is 12. The molecule has 0 aliphatic heterocycles. The molecular formula is C69H42N2O2. The summed E-state index contributed by atoms with van der Waals surface area (Å²) in [6.45, 7) is 0. The van der Waals surface area contributed by atoms with Crippen LogP contribution < -0.4 is 9.80 Å². The van der Waals surface area contributed by atoms with Crippen molar-refractivity contribution >= 4 is 99.5 Å². The van der Waals surface area contributed by atoms with Crippen LogP contribution in [0, 0.1) is 0 Å². The molecule has 2 aliphatic rings. The molecule has 2 heterocycles. The third-order valence-corrected chi connectivity index (χ3v) is 15.8. The molecule has 2 aliphatic carbocycles. The van der Waals surface area contributed by atoms with E-state index in [1.54, 1.807) is 0 Å². The minimum Gasteiger partial charge on any atom is -0.454 e. The van der Waals surface area contributed by atoms with Crippen LogP contribution in [-0.2, 0) is 5.41 Å². The van der Waals surface area contributed by atoms with Crippen LogP contribution in [0.15, 0.2) is 264 Å². The lowest BCUT2D eigenvalue weighted by atomic mass is 9.70. The molecule has 0 radical (unpaired) electrons. The Bertz CT molecular complexity index is 4540. The zero-order chi connectivity index (χ0) is 47.8. The monoisotopic (exact) mass is 930 g/mol. The molecule has 1 spiro atoms. The summed E-state index contributed by atoms with van der Waals surface area (Å²) in [6, 6.07) is 92.9. The topological polar surface area (TPSA) is 32.8 Å². The smallest absolute Gasteiger partial charge is 0.159 e. The zero-order valence-corrected chi connectivity index (χ0v) is 39.5. The average Bonchev–Trinajstić information content (AvgIpc) is 4.19. The predicted octanol–water partition coefficient (Wildman–Crippen LogP) is 19.1. The summed E-state index contributed by atoms with van der Waals surface area (Å²) in [7, 11) is 0. The highest BCUT2D eigenvalue weighted by molar-refractivity contribution is 6.16. The second-order valence-electron chi connectivity index (χ2n) is 19.5. The molecule has 4 heteroatoms. The summed E-state index contributed by atoms with van der Waals surface area (Å²) in [5.41, 5.74) is 19.2. The summed E-state index contributed by atoms with van der Waals surface area (Å²) >= 11 is 0. The van der Waals surface area contributed by atoms with Crippen LogP contribution in [0.1, 0.15) is 22.3 Å². The SMILES string of the molecule is c1ccc(N(c2ccc3cc4c(cc3c2)C2(c3ccccc3-c3ccccc32)c2cc(N(c3ccccc3)c3cccc5c3oc3ccccc35)c3ccccc3c2-4)c2cccc3c2oc2ccccc23)cc1. The van der Waals surface area contributed by atoms with E-state index < -0.39 is 5.41 Å². The maximum Gasteiger partial charge on any atom is 0.159 e. The van der Waals surface area contributed by atoms with Gasteiger partial charge in [0.15, 0.2) is 11.2 Å². The van der Waals surface area contributed by atoms with Gasteiger partial charge in [-0.1, -0.05) is 176 Å². The first-order valence-corrected chi connectivity index (χ1v) is 25.1. The number of rotatable bonds is 6. The van der Waals surface area contributed by atoms with Crippen LogP contribution in [0.2, 0.25) is 0 Å². The van der Waals surface area contributed by atoms with Gasteiger partial charge in [0.05, 0.1) is 22.5 Å². The second-order valence-corrected chi connectivity index (χ2v) is 19.5. The molecule has 12 aromatic carbocycles. The summed E-state index contributed by atoms with van der Waals surface area (Å²) in [5, 5.41) is 9.11. The lowest BCUT2D eigenvalue weighted by Crippen LogP contribution is -2.26. The molecule has 0 saturated carbocycles. The fourth-order valence-electron chi connectivity index (χ4n) is 12.8. The molecule has 2 aromatic heterocycles. The van der Waals surface area contributed by atoms with Crippen molar-refractivity contribution in [2.24, 2.45) is 0 Å². The number of fused-ring (bicyclic) bond motifs is 19. The lowest BCUT2D eigenvalue weighted by Gasteiger charge is -2.33. The van der Waals surface area contributed by atoms with Gasteiger partial charge in [0.2, 0.25) is 0 Å². The van der Waals surface area contributed by atoms with Crippen molar-refractivity contribution in [2.45, 2.75) is 5.41 Å². The van der Waals surface area contributed by atoms with Gasteiger partial charge in [-0.2, -0.15) is 0 Å². The lowest BCUT2D eigenvalue weighted by molar-refractivity contribution is 0.668. The maximum atomic E-state index is 6.86. The van der Waals surface area contributed by atoms with Crippen molar-refractivity contribution in [3.63, 3.8) is 0 Å². The standard InChI is InChI=1S/C69H42N2O2/c1-3-19-45(20-4-1)70(61-33-17-29-54-51-26-11-15-35-64(51)72-67(54)61)47-38-37-43-40-56-59(41-44(43)39-47)69(57-31-13-9-23-48(57)49-24-10-14-32-58(49)69)60-42-63(50-25-7-8-28-53(50)66(56)60)71(46-21-5-2-6-22-46)62-34-18-30-55-52-27-12-16-36-65(52)73-68(55)62/h1-42H. The fourth-order valence-corrected chi connectivity index (χ4v) is 12.8. The van der Waals surface area contributed by atoms with E-state index in [0.29, 0.717) is 0 Å². The number of hydrogen-bond acceptors (Lipinski definition) is 4. The highest BCUT2D eigenvalue weighted by Crippen LogP contribution is 2.65. The van der Waals surface area contributed by atoms with Gasteiger partial charge < -0.3 is 18.6 Å². The molecule has 0 atom stereocenters. The number of hydrogen-bond donors (Lipinski definition) is 0. The predicted molar refractivity (Wildman–Crippen MR) is 302 cm³/mol. The molecule has 0 fully saturated rings. The van der Waals surface area contributed by atoms with Gasteiger partial charge in [-0.15, -0.1) is 0 Å². The molecule has 0 saturated heterocycles. The Morgan fingerprint density at radius 1 is 0.274 bits per heavy atom. The highest BCUT2D eigenvalue weighted by atomic mass is 16.3. The van der Waals surface area contributed by atoms with E-state index in [0.717, 1.165) is 88.8 Å². The fraction of sp³-hybridized carbons (Fsp3) is 0.0145. The summed E-state index contributed by atoms with van der Waals surface area (Å²) < 4.78 is 13.6. The molecule has 0 amide bonds. The Kier molecular flexibility index (Phi) is 8.35. The van der Waals surface area contributed by atoms with Crippen molar-refractivity contribution in [2.75, 3.05) is 9.80 Å². The summed E-state index contributed by atoms with van der Waals surface area (Å²) in [5.74, 6) is 0. The van der Waals surface area contributed by atoms with Gasteiger partial charge in [-0.3, -0.25) is 0 Å². The summed E-state index contributed by atoms with van der Waals surface area (Å²) in [6.07, 6.45) is 0. The Morgan fingerprint density at radius 3 is 1.41 bits per heavy atom. The van der Waals surface area contributed by atoms with E-state index >= 15 is 0 Å². The van der Waals surface area contributed by atoms with Gasteiger partial charge in [0, 0.05) is 44.0 Å². The molecule has 73 heavy (non-hydrogen) atoms. The van der Waals surface area contributed by atoms with Crippen LogP contribution in [-0.4, -0.2) is 0 Å². The molecule has 0 bridgehead atoms. The second kappa shape index (κ2) is 15.2. The number of anilines is 6. The molecular weight excluding hydrogens is 889 g/mol. The third kappa shape index (κ3) is 5.55. The van der Waals surface area contributed by atoms with E-state index in [1.165, 1.54) is 55.3 Å². The van der Waals surface area contributed by atoms with E-state index in [2.05, 4.69) is 252 Å². The first-order chi connectivity index (χ1) is 36.2. The molecule has 4 nitrogen and oxygen atoms in total. The Labute approximate surface area is 420 Å². The van der Waals surface area contributed by atoms with Crippen LogP contribution in [0.25, 0.3) is 87.7 Å². The third-order valence-electron chi connectivity index (χ3n) is 15.8. The quantitative estimate of drug-likeness (QED) is 0.166. The Balaban J connectivity index is 0.987. The molecule has 0 unspecified atom stereocenters. The van der Waals surface area contributed by atoms with Crippen molar-refractivity contribution in [3.05, 3.63) is 277 Å². The maximum absolute atomic E-state index is 6.86. The Morgan fingerprint density at radius 2 is 0.781 bits per heavy atom. The van der Waals surface area contributed by atoms with Crippen molar-refractivity contribution in [3.8, 4) is 22.3 Å². The van der Waals surface area contributed by atoms with Gasteiger partial charge in [-0.25, -0.2) is 0 Å². The normalized spacial score (nSPS) is 13.0. The number of nitrogens with zero attached hydrogens (tertiary/aromatic N) is 2. The molecule has 16 rings (SSSR count). The van der Waals surface area contributed by atoms with Gasteiger partial charge in [0.25, 0.3) is 0 Å². The molecule has 0 N–H and O–H groups in total. The van der Waals surface area contributed by atoms with E-state index in [1.807, 2.05) is 12.1 Å². The summed E-state index contributed by atoms with van der Waals surface area (Å²) in [4.78, 5) is 4.78. The number of para-hydroxylation sites is 6. The van der Waals surface area contributed by atoms with Crippen LogP contribution in [0.3, 0.4) is 0 Å². The minimum absolute atomic E-state index is 0.645. The van der Waals surface area contributed by atoms with Crippen molar-refractivity contribution in [1.82, 2.24) is 0 Å². The van der Waals surface area contributed by atoms with Crippen molar-refractivity contribution < 1.29 is 8.83 Å². The largest absolute Gasteiger partial charge is 0.454 e. The van der Waals surface area contributed by atoms with E-state index in [-0.39, 0.29) is 0 Å². The van der Waals surface area contributed by atoms with Crippen LogP contribution >= 0.6 is 0 Å². The van der Waals surface area contributed by atoms with Gasteiger partial charge >= 0.3 is 0 Å². The van der Waals surface area contributed by atoms with E-state index in [4.69, 9.17) is 8.83 Å². The van der Waals surface area contributed by atoms with Crippen LogP contribution in [0.5, 0.6) is 0 Å². The highest BCUT2D eigenvalue weighted by Gasteiger charge is 2.52. The van der Waals surface area contributed by atoms with Gasteiger partial charge in [0.1, 0.15) is 11.2 Å². The Hall–Kier alpha value is -9.64. The zero-order valence-electron chi connectivity index (χ0n) is 39.5. The van der Waals surface area contributed by atoms with Gasteiger partial charge in [-0.05, 0) is 140 Å². The molecule has 340 valence electrons. The first-order valence-electron chi connectivity index (χ1n) is 25.1. The average molecular weight is 931 g/mol. The van der Waals surface area contributed by atoms with Crippen molar-refractivity contribution in [1.29, 1.82) is 0 Å². The molecule has 14 aromatic rings. The first kappa shape index (κ1) is 40.1. The van der Waals surface area contributed by atoms with Crippen LogP contribution in [0.4, 0.5) is 34.1 Å². The minimum atomic E-state index is -0.645.